The van der Waals surface area contributed by atoms with E-state index in [-0.39, 0.29) is 6.10 Å². The molecule has 0 saturated heterocycles. The smallest absolute Gasteiger partial charge is 0.0785 e. The monoisotopic (exact) mass is 266 g/mol. The van der Waals surface area contributed by atoms with Crippen molar-refractivity contribution in [2.45, 2.75) is 46.2 Å². The van der Waals surface area contributed by atoms with Crippen LogP contribution in [0.3, 0.4) is 0 Å². The molecule has 102 valence electrons. The number of hydrogen-bond donors (Lipinski definition) is 0. The fourth-order valence-corrected chi connectivity index (χ4v) is 2.84. The molecule has 0 aliphatic carbocycles. The van der Waals surface area contributed by atoms with Crippen molar-refractivity contribution >= 4 is 13.3 Å². The van der Waals surface area contributed by atoms with Gasteiger partial charge in [0.2, 0.25) is 0 Å². The van der Waals surface area contributed by atoms with E-state index in [0.717, 1.165) is 6.61 Å². The van der Waals surface area contributed by atoms with Crippen molar-refractivity contribution in [2.24, 2.45) is 0 Å². The third-order valence-corrected chi connectivity index (χ3v) is 4.98. The second-order valence-electron chi connectivity index (χ2n) is 5.73. The lowest BCUT2D eigenvalue weighted by Crippen LogP contribution is -2.37. The highest BCUT2D eigenvalue weighted by Gasteiger charge is 2.15. The molecule has 1 atom stereocenters. The maximum Gasteiger partial charge on any atom is 0.0785 e. The van der Waals surface area contributed by atoms with Gasteiger partial charge in [-0.15, -0.1) is 0 Å². The summed E-state index contributed by atoms with van der Waals surface area (Å²) >= 11 is 0. The highest BCUT2D eigenvalue weighted by Crippen LogP contribution is 2.07. The van der Waals surface area contributed by atoms with Crippen LogP contribution < -0.4 is 5.19 Å². The third-order valence-electron chi connectivity index (χ3n) is 2.91. The largest absolute Gasteiger partial charge is 0.379 e. The summed E-state index contributed by atoms with van der Waals surface area (Å²) in [7, 11) is -1.18. The SMILES string of the molecule is CCOCC(C)OCc1ccc([Si](C)(C)C)cc1. The van der Waals surface area contributed by atoms with Crippen molar-refractivity contribution in [1.82, 2.24) is 0 Å². The van der Waals surface area contributed by atoms with Gasteiger partial charge in [0, 0.05) is 6.61 Å². The number of benzene rings is 1. The summed E-state index contributed by atoms with van der Waals surface area (Å²) in [6.07, 6.45) is 0.154. The molecule has 0 bridgehead atoms. The van der Waals surface area contributed by atoms with Crippen molar-refractivity contribution in [3.8, 4) is 0 Å². The third kappa shape index (κ3) is 5.34. The van der Waals surface area contributed by atoms with Crippen molar-refractivity contribution < 1.29 is 9.47 Å². The molecule has 1 aromatic carbocycles. The van der Waals surface area contributed by atoms with Crippen molar-refractivity contribution in [3.63, 3.8) is 0 Å². The van der Waals surface area contributed by atoms with Crippen LogP contribution in [0, 0.1) is 0 Å². The lowest BCUT2D eigenvalue weighted by Gasteiger charge is -2.17. The molecule has 18 heavy (non-hydrogen) atoms. The Morgan fingerprint density at radius 2 is 1.72 bits per heavy atom. The topological polar surface area (TPSA) is 18.5 Å². The van der Waals surface area contributed by atoms with E-state index in [9.17, 15) is 0 Å². The van der Waals surface area contributed by atoms with Gasteiger partial charge < -0.3 is 9.47 Å². The zero-order chi connectivity index (χ0) is 13.6. The molecule has 2 nitrogen and oxygen atoms in total. The molecule has 3 heteroatoms. The molecule has 0 heterocycles. The predicted molar refractivity (Wildman–Crippen MR) is 80.2 cm³/mol. The molecule has 1 aromatic rings. The van der Waals surface area contributed by atoms with Gasteiger partial charge in [-0.3, -0.25) is 0 Å². The Bertz CT molecular complexity index is 341. The van der Waals surface area contributed by atoms with Crippen LogP contribution in [0.1, 0.15) is 19.4 Å². The molecule has 0 aliphatic rings. The summed E-state index contributed by atoms with van der Waals surface area (Å²) in [4.78, 5) is 0. The summed E-state index contributed by atoms with van der Waals surface area (Å²) in [6, 6.07) is 8.86. The Hall–Kier alpha value is -0.643. The van der Waals surface area contributed by atoms with E-state index in [1.165, 1.54) is 10.8 Å². The summed E-state index contributed by atoms with van der Waals surface area (Å²) in [5.41, 5.74) is 1.24. The van der Waals surface area contributed by atoms with Gasteiger partial charge in [-0.05, 0) is 19.4 Å². The summed E-state index contributed by atoms with van der Waals surface area (Å²) in [5.74, 6) is 0. The standard InChI is InChI=1S/C15H26O2Si/c1-6-16-11-13(2)17-12-14-7-9-15(10-8-14)18(3,4)5/h7-10,13H,6,11-12H2,1-5H3. The van der Waals surface area contributed by atoms with Gasteiger partial charge in [-0.1, -0.05) is 49.1 Å². The van der Waals surface area contributed by atoms with E-state index in [1.807, 2.05) is 13.8 Å². The van der Waals surface area contributed by atoms with E-state index in [1.54, 1.807) is 0 Å². The van der Waals surface area contributed by atoms with Gasteiger partial charge in [0.1, 0.15) is 0 Å². The summed E-state index contributed by atoms with van der Waals surface area (Å²) in [6.45, 7) is 13.2. The second-order valence-corrected chi connectivity index (χ2v) is 10.8. The van der Waals surface area contributed by atoms with Crippen LogP contribution in [0.2, 0.25) is 19.6 Å². The van der Waals surface area contributed by atoms with E-state index in [4.69, 9.17) is 9.47 Å². The van der Waals surface area contributed by atoms with Gasteiger partial charge in [0.05, 0.1) is 27.4 Å². The molecule has 1 rings (SSSR count). The van der Waals surface area contributed by atoms with Crippen molar-refractivity contribution in [2.75, 3.05) is 13.2 Å². The molecule has 0 saturated carbocycles. The van der Waals surface area contributed by atoms with Gasteiger partial charge >= 0.3 is 0 Å². The maximum absolute atomic E-state index is 5.74. The van der Waals surface area contributed by atoms with Crippen LogP contribution in [0.4, 0.5) is 0 Å². The fourth-order valence-electron chi connectivity index (χ4n) is 1.67. The molecule has 0 aromatic heterocycles. The van der Waals surface area contributed by atoms with Crippen LogP contribution >= 0.6 is 0 Å². The van der Waals surface area contributed by atoms with Gasteiger partial charge in [0.15, 0.2) is 0 Å². The van der Waals surface area contributed by atoms with Crippen LogP contribution in [-0.4, -0.2) is 27.4 Å². The number of rotatable bonds is 7. The highest BCUT2D eigenvalue weighted by atomic mass is 28.3. The molecule has 0 spiro atoms. The molecule has 1 unspecified atom stereocenters. The molecular weight excluding hydrogens is 240 g/mol. The van der Waals surface area contributed by atoms with Crippen molar-refractivity contribution in [3.05, 3.63) is 29.8 Å². The van der Waals surface area contributed by atoms with Crippen LogP contribution in [0.5, 0.6) is 0 Å². The average Bonchev–Trinajstić information content (AvgIpc) is 2.33. The maximum atomic E-state index is 5.74. The molecule has 0 amide bonds. The van der Waals surface area contributed by atoms with Crippen molar-refractivity contribution in [1.29, 1.82) is 0 Å². The van der Waals surface area contributed by atoms with Gasteiger partial charge in [0.25, 0.3) is 0 Å². The Morgan fingerprint density at radius 1 is 1.11 bits per heavy atom. The van der Waals surface area contributed by atoms with Crippen LogP contribution in [-0.2, 0) is 16.1 Å². The van der Waals surface area contributed by atoms with Gasteiger partial charge in [-0.25, -0.2) is 0 Å². The Labute approximate surface area is 112 Å². The highest BCUT2D eigenvalue weighted by molar-refractivity contribution is 6.88. The first-order valence-corrected chi connectivity index (χ1v) is 10.2. The Kier molecular flexibility index (Phi) is 6.06. The number of ether oxygens (including phenoxy) is 2. The quantitative estimate of drug-likeness (QED) is 0.706. The lowest BCUT2D eigenvalue weighted by molar-refractivity contribution is -0.0116. The van der Waals surface area contributed by atoms with E-state index >= 15 is 0 Å². The number of hydrogen-bond acceptors (Lipinski definition) is 2. The first-order valence-electron chi connectivity index (χ1n) is 6.72. The molecule has 0 N–H and O–H groups in total. The van der Waals surface area contributed by atoms with E-state index < -0.39 is 8.07 Å². The summed E-state index contributed by atoms with van der Waals surface area (Å²) < 4.78 is 11.1. The van der Waals surface area contributed by atoms with E-state index in [2.05, 4.69) is 43.9 Å². The zero-order valence-corrected chi connectivity index (χ0v) is 13.3. The fraction of sp³-hybridized carbons (Fsp3) is 0.600. The molecule has 0 radical (unpaired) electrons. The average molecular weight is 266 g/mol. The minimum atomic E-state index is -1.18. The molecular formula is C15H26O2Si. The minimum absolute atomic E-state index is 0.154. The first-order chi connectivity index (χ1) is 8.43. The molecule has 0 fully saturated rings. The Morgan fingerprint density at radius 3 is 2.22 bits per heavy atom. The minimum Gasteiger partial charge on any atom is -0.379 e. The first kappa shape index (κ1) is 15.4. The van der Waals surface area contributed by atoms with Gasteiger partial charge in [-0.2, -0.15) is 0 Å². The zero-order valence-electron chi connectivity index (χ0n) is 12.3. The second kappa shape index (κ2) is 7.07. The Balaban J connectivity index is 2.44. The van der Waals surface area contributed by atoms with E-state index in [0.29, 0.717) is 13.2 Å². The predicted octanol–water partition coefficient (Wildman–Crippen LogP) is 3.17. The normalized spacial score (nSPS) is 13.6. The summed E-state index contributed by atoms with van der Waals surface area (Å²) in [5, 5.41) is 1.49. The van der Waals surface area contributed by atoms with Crippen LogP contribution in [0.25, 0.3) is 0 Å². The molecule has 0 aliphatic heterocycles. The van der Waals surface area contributed by atoms with Crippen LogP contribution in [0.15, 0.2) is 24.3 Å². The lowest BCUT2D eigenvalue weighted by atomic mass is 10.2.